The molecule has 7 heteroatoms. The van der Waals surface area contributed by atoms with Gasteiger partial charge < -0.3 is 18.6 Å². The lowest BCUT2D eigenvalue weighted by molar-refractivity contribution is -0.234. The number of carbonyl (C=O) groups excluding carboxylic acids is 1. The van der Waals surface area contributed by atoms with E-state index in [2.05, 4.69) is 4.98 Å². The van der Waals surface area contributed by atoms with Gasteiger partial charge in [-0.25, -0.2) is 4.98 Å². The van der Waals surface area contributed by atoms with E-state index in [0.717, 1.165) is 24.8 Å². The third kappa shape index (κ3) is 4.34. The number of benzene rings is 1. The van der Waals surface area contributed by atoms with E-state index in [1.807, 2.05) is 19.1 Å². The molecule has 2 unspecified atom stereocenters. The number of hydrogen-bond donors (Lipinski definition) is 0. The summed E-state index contributed by atoms with van der Waals surface area (Å²) >= 11 is 5.92. The molecular weight excluding hydrogens is 394 g/mol. The molecule has 4 rings (SSSR count). The van der Waals surface area contributed by atoms with E-state index < -0.39 is 0 Å². The van der Waals surface area contributed by atoms with Gasteiger partial charge in [-0.2, -0.15) is 0 Å². The van der Waals surface area contributed by atoms with Gasteiger partial charge >= 0.3 is 5.97 Å². The zero-order chi connectivity index (χ0) is 20.3. The van der Waals surface area contributed by atoms with Crippen molar-refractivity contribution in [2.45, 2.75) is 51.2 Å². The first-order valence-electron chi connectivity index (χ1n) is 10.2. The van der Waals surface area contributed by atoms with E-state index in [9.17, 15) is 4.79 Å². The van der Waals surface area contributed by atoms with Crippen LogP contribution in [0.15, 0.2) is 34.9 Å². The standard InChI is InChI=1S/C22H26ClNO5/c1-2-27-18-13-19(22(18)9-11-26-12-10-22)29-21(25)8-7-20-24-14-17(28-20)15-3-5-16(23)6-4-15/h3-6,14,18-19H,2,7-13H2,1H3. The lowest BCUT2D eigenvalue weighted by Gasteiger charge is -2.56. The average Bonchev–Trinajstić information content (AvgIpc) is 3.22. The summed E-state index contributed by atoms with van der Waals surface area (Å²) in [4.78, 5) is 16.7. The van der Waals surface area contributed by atoms with E-state index in [0.29, 0.717) is 42.9 Å². The van der Waals surface area contributed by atoms with Gasteiger partial charge in [-0.05, 0) is 44.0 Å². The molecule has 1 saturated heterocycles. The summed E-state index contributed by atoms with van der Waals surface area (Å²) in [5.41, 5.74) is 0.808. The van der Waals surface area contributed by atoms with Crippen molar-refractivity contribution in [1.29, 1.82) is 0 Å². The highest BCUT2D eigenvalue weighted by atomic mass is 35.5. The Balaban J connectivity index is 1.31. The van der Waals surface area contributed by atoms with Crippen molar-refractivity contribution in [1.82, 2.24) is 4.98 Å². The fourth-order valence-electron chi connectivity index (χ4n) is 4.31. The summed E-state index contributed by atoms with van der Waals surface area (Å²) in [6, 6.07) is 7.35. The maximum absolute atomic E-state index is 12.4. The van der Waals surface area contributed by atoms with Crippen LogP contribution in [0.25, 0.3) is 11.3 Å². The van der Waals surface area contributed by atoms with Crippen molar-refractivity contribution in [3.8, 4) is 11.3 Å². The summed E-state index contributed by atoms with van der Waals surface area (Å²) in [7, 11) is 0. The first-order valence-corrected chi connectivity index (χ1v) is 10.6. The molecule has 2 heterocycles. The van der Waals surface area contributed by atoms with Crippen molar-refractivity contribution in [2.75, 3.05) is 19.8 Å². The van der Waals surface area contributed by atoms with Crippen LogP contribution in [0, 0.1) is 5.41 Å². The van der Waals surface area contributed by atoms with Crippen LogP contribution in [0.5, 0.6) is 0 Å². The minimum absolute atomic E-state index is 0.0887. The number of hydrogen-bond acceptors (Lipinski definition) is 6. The monoisotopic (exact) mass is 419 g/mol. The predicted octanol–water partition coefficient (Wildman–Crippen LogP) is 4.45. The van der Waals surface area contributed by atoms with Gasteiger partial charge in [-0.15, -0.1) is 0 Å². The second-order valence-corrected chi connectivity index (χ2v) is 8.07. The second kappa shape index (κ2) is 8.86. The maximum atomic E-state index is 12.4. The normalized spacial score (nSPS) is 23.0. The summed E-state index contributed by atoms with van der Waals surface area (Å²) in [5, 5.41) is 0.668. The largest absolute Gasteiger partial charge is 0.462 e. The smallest absolute Gasteiger partial charge is 0.306 e. The first kappa shape index (κ1) is 20.4. The molecule has 1 aromatic heterocycles. The molecule has 0 amide bonds. The summed E-state index contributed by atoms with van der Waals surface area (Å²) < 4.78 is 23.0. The fraction of sp³-hybridized carbons (Fsp3) is 0.545. The predicted molar refractivity (Wildman–Crippen MR) is 108 cm³/mol. The number of ether oxygens (including phenoxy) is 3. The Hall–Kier alpha value is -1.89. The number of oxazole rings is 1. The molecule has 29 heavy (non-hydrogen) atoms. The Labute approximate surface area is 175 Å². The summed E-state index contributed by atoms with van der Waals surface area (Å²) in [5.74, 6) is 0.959. The molecular formula is C22H26ClNO5. The van der Waals surface area contributed by atoms with Gasteiger partial charge in [0.15, 0.2) is 11.7 Å². The van der Waals surface area contributed by atoms with Gasteiger partial charge in [0.25, 0.3) is 0 Å². The Morgan fingerprint density at radius 3 is 2.72 bits per heavy atom. The van der Waals surface area contributed by atoms with Crippen LogP contribution in [0.2, 0.25) is 5.02 Å². The van der Waals surface area contributed by atoms with Crippen LogP contribution in [0.4, 0.5) is 0 Å². The van der Waals surface area contributed by atoms with E-state index >= 15 is 0 Å². The molecule has 6 nitrogen and oxygen atoms in total. The molecule has 2 atom stereocenters. The highest BCUT2D eigenvalue weighted by Crippen LogP contribution is 2.52. The van der Waals surface area contributed by atoms with E-state index in [1.54, 1.807) is 18.3 Å². The fourth-order valence-corrected chi connectivity index (χ4v) is 4.43. The van der Waals surface area contributed by atoms with E-state index in [-0.39, 0.29) is 30.0 Å². The SMILES string of the molecule is CCOC1CC(OC(=O)CCc2ncc(-c3ccc(Cl)cc3)o2)C12CCOCC2. The Morgan fingerprint density at radius 2 is 2.00 bits per heavy atom. The number of aromatic nitrogens is 1. The van der Waals surface area contributed by atoms with Gasteiger partial charge in [0.2, 0.25) is 0 Å². The van der Waals surface area contributed by atoms with Gasteiger partial charge in [0, 0.05) is 48.7 Å². The lowest BCUT2D eigenvalue weighted by atomic mass is 9.59. The Bertz CT molecular complexity index is 828. The van der Waals surface area contributed by atoms with Gasteiger partial charge in [-0.1, -0.05) is 11.6 Å². The zero-order valence-electron chi connectivity index (χ0n) is 16.6. The van der Waals surface area contributed by atoms with Crippen LogP contribution in [0.3, 0.4) is 0 Å². The van der Waals surface area contributed by atoms with Gasteiger partial charge in [0.1, 0.15) is 6.10 Å². The molecule has 2 aromatic rings. The quantitative estimate of drug-likeness (QED) is 0.617. The number of rotatable bonds is 7. The molecule has 0 radical (unpaired) electrons. The molecule has 1 saturated carbocycles. The van der Waals surface area contributed by atoms with Crippen LogP contribution in [0.1, 0.15) is 38.5 Å². The molecule has 0 bridgehead atoms. The summed E-state index contributed by atoms with van der Waals surface area (Å²) in [6.07, 6.45) is 4.89. The minimum atomic E-state index is -0.220. The first-order chi connectivity index (χ1) is 14.1. The van der Waals surface area contributed by atoms with Gasteiger partial charge in [-0.3, -0.25) is 4.79 Å². The van der Waals surface area contributed by atoms with Crippen molar-refractivity contribution in [2.24, 2.45) is 5.41 Å². The van der Waals surface area contributed by atoms with Crippen LogP contribution >= 0.6 is 11.6 Å². The minimum Gasteiger partial charge on any atom is -0.462 e. The van der Waals surface area contributed by atoms with Crippen molar-refractivity contribution < 1.29 is 23.4 Å². The number of carbonyl (C=O) groups is 1. The number of nitrogens with zero attached hydrogens (tertiary/aromatic N) is 1. The molecule has 2 fully saturated rings. The molecule has 156 valence electrons. The molecule has 1 aliphatic heterocycles. The number of halogens is 1. The van der Waals surface area contributed by atoms with Crippen LogP contribution in [-0.4, -0.2) is 43.0 Å². The highest BCUT2D eigenvalue weighted by Gasteiger charge is 2.58. The molecule has 0 N–H and O–H groups in total. The van der Waals surface area contributed by atoms with E-state index in [4.69, 9.17) is 30.2 Å². The van der Waals surface area contributed by atoms with Crippen molar-refractivity contribution >= 4 is 17.6 Å². The molecule has 1 spiro atoms. The molecule has 1 aromatic carbocycles. The highest BCUT2D eigenvalue weighted by molar-refractivity contribution is 6.30. The number of aryl methyl sites for hydroxylation is 1. The molecule has 1 aliphatic carbocycles. The van der Waals surface area contributed by atoms with Crippen LogP contribution in [-0.2, 0) is 25.4 Å². The van der Waals surface area contributed by atoms with E-state index in [1.165, 1.54) is 0 Å². The second-order valence-electron chi connectivity index (χ2n) is 7.63. The average molecular weight is 420 g/mol. The topological polar surface area (TPSA) is 70.8 Å². The zero-order valence-corrected chi connectivity index (χ0v) is 17.3. The van der Waals surface area contributed by atoms with Crippen molar-refractivity contribution in [3.05, 3.63) is 41.4 Å². The van der Waals surface area contributed by atoms with Crippen LogP contribution < -0.4 is 0 Å². The third-order valence-corrected chi connectivity index (χ3v) is 6.25. The lowest BCUT2D eigenvalue weighted by Crippen LogP contribution is -2.61. The van der Waals surface area contributed by atoms with Gasteiger partial charge in [0.05, 0.1) is 18.7 Å². The molecule has 2 aliphatic rings. The van der Waals surface area contributed by atoms with Crippen molar-refractivity contribution in [3.63, 3.8) is 0 Å². The maximum Gasteiger partial charge on any atom is 0.306 e. The Kier molecular flexibility index (Phi) is 6.23. The Morgan fingerprint density at radius 1 is 1.24 bits per heavy atom. The number of esters is 1. The third-order valence-electron chi connectivity index (χ3n) is 6.00. The summed E-state index contributed by atoms with van der Waals surface area (Å²) in [6.45, 7) is 4.07.